The highest BCUT2D eigenvalue weighted by atomic mass is 16.5. The van der Waals surface area contributed by atoms with Crippen LogP contribution in [0.5, 0.6) is 5.75 Å². The fourth-order valence-corrected chi connectivity index (χ4v) is 4.20. The second-order valence-corrected chi connectivity index (χ2v) is 8.11. The van der Waals surface area contributed by atoms with E-state index >= 15 is 0 Å². The first-order chi connectivity index (χ1) is 14.3. The molecule has 0 aromatic heterocycles. The Balaban J connectivity index is 1.24. The van der Waals surface area contributed by atoms with Gasteiger partial charge in [0.1, 0.15) is 18.5 Å². The van der Waals surface area contributed by atoms with Crippen LogP contribution in [0.2, 0.25) is 0 Å². The van der Waals surface area contributed by atoms with Crippen molar-refractivity contribution in [3.63, 3.8) is 0 Å². The highest BCUT2D eigenvalue weighted by Crippen LogP contribution is 2.19. The third-order valence-corrected chi connectivity index (χ3v) is 5.74. The summed E-state index contributed by atoms with van der Waals surface area (Å²) in [5, 5.41) is 10.5. The van der Waals surface area contributed by atoms with Crippen LogP contribution in [0, 0.1) is 0 Å². The highest BCUT2D eigenvalue weighted by Gasteiger charge is 2.19. The normalized spacial score (nSPS) is 19.3. The molecular weight excluding hydrogens is 364 g/mol. The molecule has 2 aliphatic rings. The Morgan fingerprint density at radius 1 is 0.966 bits per heavy atom. The second kappa shape index (κ2) is 10.2. The van der Waals surface area contributed by atoms with Crippen LogP contribution in [0.25, 0.3) is 0 Å². The van der Waals surface area contributed by atoms with Gasteiger partial charge in [0.25, 0.3) is 0 Å². The third kappa shape index (κ3) is 6.03. The van der Waals surface area contributed by atoms with Crippen LogP contribution < -0.4 is 4.74 Å². The van der Waals surface area contributed by atoms with Crippen molar-refractivity contribution < 1.29 is 14.6 Å². The Labute approximate surface area is 173 Å². The van der Waals surface area contributed by atoms with Gasteiger partial charge in [0.15, 0.2) is 0 Å². The summed E-state index contributed by atoms with van der Waals surface area (Å²) >= 11 is 0. The SMILES string of the molecule is OC(COc1cccc(CN2CCCOCC2)c1)CN1CCc2ccccc2C1. The van der Waals surface area contributed by atoms with E-state index in [9.17, 15) is 5.11 Å². The zero-order valence-electron chi connectivity index (χ0n) is 17.1. The molecule has 0 aliphatic carbocycles. The van der Waals surface area contributed by atoms with E-state index in [4.69, 9.17) is 9.47 Å². The van der Waals surface area contributed by atoms with E-state index in [1.165, 1.54) is 16.7 Å². The molecule has 2 aliphatic heterocycles. The van der Waals surface area contributed by atoms with E-state index in [0.717, 1.165) is 64.5 Å². The third-order valence-electron chi connectivity index (χ3n) is 5.74. The Morgan fingerprint density at radius 2 is 1.86 bits per heavy atom. The molecule has 1 N–H and O–H groups in total. The van der Waals surface area contributed by atoms with Crippen LogP contribution in [0.3, 0.4) is 0 Å². The highest BCUT2D eigenvalue weighted by molar-refractivity contribution is 5.29. The van der Waals surface area contributed by atoms with Crippen molar-refractivity contribution in [2.75, 3.05) is 46.0 Å². The number of hydrogen-bond donors (Lipinski definition) is 1. The monoisotopic (exact) mass is 396 g/mol. The van der Waals surface area contributed by atoms with Crippen molar-refractivity contribution in [2.45, 2.75) is 32.0 Å². The molecule has 1 atom stereocenters. The van der Waals surface area contributed by atoms with E-state index in [0.29, 0.717) is 13.2 Å². The van der Waals surface area contributed by atoms with Gasteiger partial charge in [-0.15, -0.1) is 0 Å². The molecule has 5 nitrogen and oxygen atoms in total. The van der Waals surface area contributed by atoms with Crippen LogP contribution in [0.4, 0.5) is 0 Å². The van der Waals surface area contributed by atoms with Gasteiger partial charge in [-0.25, -0.2) is 0 Å². The van der Waals surface area contributed by atoms with Crippen LogP contribution in [-0.2, 0) is 24.2 Å². The molecule has 1 unspecified atom stereocenters. The van der Waals surface area contributed by atoms with E-state index in [-0.39, 0.29) is 0 Å². The molecule has 5 heteroatoms. The zero-order valence-corrected chi connectivity index (χ0v) is 17.1. The van der Waals surface area contributed by atoms with Gasteiger partial charge in [0.2, 0.25) is 0 Å². The van der Waals surface area contributed by atoms with Gasteiger partial charge < -0.3 is 14.6 Å². The Morgan fingerprint density at radius 3 is 2.79 bits per heavy atom. The van der Waals surface area contributed by atoms with E-state index < -0.39 is 6.10 Å². The van der Waals surface area contributed by atoms with Gasteiger partial charge in [-0.3, -0.25) is 9.80 Å². The van der Waals surface area contributed by atoms with E-state index in [1.807, 2.05) is 12.1 Å². The van der Waals surface area contributed by atoms with Crippen molar-refractivity contribution in [3.8, 4) is 5.75 Å². The Bertz CT molecular complexity index is 774. The Kier molecular flexibility index (Phi) is 7.17. The number of hydrogen-bond acceptors (Lipinski definition) is 5. The fourth-order valence-electron chi connectivity index (χ4n) is 4.20. The van der Waals surface area contributed by atoms with Crippen LogP contribution in [0.1, 0.15) is 23.1 Å². The molecule has 0 spiro atoms. The molecule has 1 fully saturated rings. The summed E-state index contributed by atoms with van der Waals surface area (Å²) in [7, 11) is 0. The average molecular weight is 397 g/mol. The van der Waals surface area contributed by atoms with Gasteiger partial charge in [-0.05, 0) is 41.7 Å². The number of aliphatic hydroxyl groups is 1. The summed E-state index contributed by atoms with van der Waals surface area (Å²) < 4.78 is 11.4. The zero-order chi connectivity index (χ0) is 19.9. The van der Waals surface area contributed by atoms with Crippen molar-refractivity contribution in [3.05, 3.63) is 65.2 Å². The van der Waals surface area contributed by atoms with Gasteiger partial charge in [0.05, 0.1) is 6.61 Å². The van der Waals surface area contributed by atoms with Gasteiger partial charge in [-0.2, -0.15) is 0 Å². The second-order valence-electron chi connectivity index (χ2n) is 8.11. The quantitative estimate of drug-likeness (QED) is 0.780. The lowest BCUT2D eigenvalue weighted by Gasteiger charge is -2.30. The summed E-state index contributed by atoms with van der Waals surface area (Å²) in [5.41, 5.74) is 4.05. The van der Waals surface area contributed by atoms with Crippen molar-refractivity contribution in [1.29, 1.82) is 0 Å². The predicted molar refractivity (Wildman–Crippen MR) is 114 cm³/mol. The number of ether oxygens (including phenoxy) is 2. The molecule has 2 aromatic carbocycles. The summed E-state index contributed by atoms with van der Waals surface area (Å²) in [6.07, 6.45) is 1.64. The number of aliphatic hydroxyl groups excluding tert-OH is 1. The Hall–Kier alpha value is -1.92. The van der Waals surface area contributed by atoms with Gasteiger partial charge in [0, 0.05) is 45.9 Å². The van der Waals surface area contributed by atoms with Gasteiger partial charge >= 0.3 is 0 Å². The first-order valence-electron chi connectivity index (χ1n) is 10.8. The number of rotatable bonds is 7. The molecule has 0 saturated carbocycles. The van der Waals surface area contributed by atoms with Gasteiger partial charge in [-0.1, -0.05) is 36.4 Å². The maximum absolute atomic E-state index is 10.5. The fraction of sp³-hybridized carbons (Fsp3) is 0.500. The van der Waals surface area contributed by atoms with E-state index in [2.05, 4.69) is 46.2 Å². The summed E-state index contributed by atoms with van der Waals surface area (Å²) in [6.45, 7) is 7.48. The molecule has 0 bridgehead atoms. The maximum atomic E-state index is 10.5. The maximum Gasteiger partial charge on any atom is 0.119 e. The molecule has 0 amide bonds. The molecule has 1 saturated heterocycles. The average Bonchev–Trinajstić information content (AvgIpc) is 3.01. The largest absolute Gasteiger partial charge is 0.491 e. The number of fused-ring (bicyclic) bond motifs is 1. The summed E-state index contributed by atoms with van der Waals surface area (Å²) in [5.74, 6) is 0.830. The molecule has 2 heterocycles. The van der Waals surface area contributed by atoms with Crippen molar-refractivity contribution in [2.24, 2.45) is 0 Å². The molecule has 2 aromatic rings. The molecular formula is C24H32N2O3. The smallest absolute Gasteiger partial charge is 0.119 e. The number of nitrogens with zero attached hydrogens (tertiary/aromatic N) is 2. The van der Waals surface area contributed by atoms with Crippen molar-refractivity contribution in [1.82, 2.24) is 9.80 Å². The molecule has 29 heavy (non-hydrogen) atoms. The van der Waals surface area contributed by atoms with E-state index in [1.54, 1.807) is 0 Å². The standard InChI is InChI=1S/C24H32N2O3/c27-23(18-26-11-9-21-6-1-2-7-22(21)17-26)19-29-24-8-3-5-20(15-24)16-25-10-4-13-28-14-12-25/h1-3,5-8,15,23,27H,4,9-14,16-19H2. The summed E-state index contributed by atoms with van der Waals surface area (Å²) in [6, 6.07) is 16.8. The lowest BCUT2D eigenvalue weighted by Crippen LogP contribution is -2.38. The number of benzene rings is 2. The first kappa shape index (κ1) is 20.4. The minimum atomic E-state index is -0.494. The summed E-state index contributed by atoms with van der Waals surface area (Å²) in [4.78, 5) is 4.74. The minimum Gasteiger partial charge on any atom is -0.491 e. The topological polar surface area (TPSA) is 45.2 Å². The van der Waals surface area contributed by atoms with Crippen LogP contribution >= 0.6 is 0 Å². The molecule has 0 radical (unpaired) electrons. The molecule has 4 rings (SSSR count). The van der Waals surface area contributed by atoms with Crippen molar-refractivity contribution >= 4 is 0 Å². The van der Waals surface area contributed by atoms with Crippen LogP contribution in [-0.4, -0.2) is 67.0 Å². The molecule has 156 valence electrons. The first-order valence-corrected chi connectivity index (χ1v) is 10.8. The lowest BCUT2D eigenvalue weighted by molar-refractivity contribution is 0.0637. The minimum absolute atomic E-state index is 0.319. The number of β-amino-alcohol motifs (C(OH)–C–C–N with tert-alkyl or cyclic N) is 1. The predicted octanol–water partition coefficient (Wildman–Crippen LogP) is 2.71. The van der Waals surface area contributed by atoms with Crippen LogP contribution in [0.15, 0.2) is 48.5 Å². The lowest BCUT2D eigenvalue weighted by atomic mass is 10.00.